The van der Waals surface area contributed by atoms with Gasteiger partial charge in [-0.1, -0.05) is 41.6 Å². The zero-order valence-electron chi connectivity index (χ0n) is 17.9. The molecule has 1 fully saturated rings. The third-order valence-corrected chi connectivity index (χ3v) is 5.69. The Bertz CT molecular complexity index is 1140. The molecular formula is C23H24N6O3. The maximum absolute atomic E-state index is 13.1. The number of rotatable bonds is 6. The molecule has 2 aromatic carbocycles. The Hall–Kier alpha value is -3.72. The summed E-state index contributed by atoms with van der Waals surface area (Å²) < 4.78 is 10.9. The van der Waals surface area contributed by atoms with Crippen LogP contribution in [0.15, 0.2) is 58.2 Å². The van der Waals surface area contributed by atoms with Crippen molar-refractivity contribution in [3.05, 3.63) is 65.5 Å². The first kappa shape index (κ1) is 20.2. The summed E-state index contributed by atoms with van der Waals surface area (Å²) in [5, 5.41) is 11.5. The first-order valence-electron chi connectivity index (χ1n) is 10.6. The van der Waals surface area contributed by atoms with Gasteiger partial charge in [-0.15, -0.1) is 0 Å². The van der Waals surface area contributed by atoms with Crippen LogP contribution in [-0.2, 0) is 11.3 Å². The fraction of sp³-hybridized carbons (Fsp3) is 0.304. The monoisotopic (exact) mass is 432 g/mol. The Morgan fingerprint density at radius 3 is 2.78 bits per heavy atom. The molecule has 2 aliphatic rings. The normalized spacial score (nSPS) is 20.0. The number of aromatic nitrogens is 2. The van der Waals surface area contributed by atoms with Crippen LogP contribution in [0.25, 0.3) is 11.4 Å². The number of carbonyl (C=O) groups excluding carboxylic acids is 1. The lowest BCUT2D eigenvalue weighted by Crippen LogP contribution is -2.50. The number of nitrogens with zero attached hydrogens (tertiary/aromatic N) is 5. The van der Waals surface area contributed by atoms with Crippen LogP contribution < -0.4 is 10.2 Å². The standard InChI is InChI=1S/C23H24N6O3/c1-3-31-17-10-8-16(9-11-17)19-12-20-23(30)28(24-14-29(20)26-19)13-21-25-22(27-32-21)18-7-5-4-6-15(18)2/h4-11,14,19-20,26H,3,12-13H2,1-2H3. The van der Waals surface area contributed by atoms with Crippen molar-refractivity contribution in [2.75, 3.05) is 6.61 Å². The van der Waals surface area contributed by atoms with E-state index in [1.54, 1.807) is 11.3 Å². The Morgan fingerprint density at radius 1 is 1.19 bits per heavy atom. The van der Waals surface area contributed by atoms with Crippen molar-refractivity contribution in [2.45, 2.75) is 38.9 Å². The van der Waals surface area contributed by atoms with Crippen LogP contribution in [0.1, 0.15) is 36.4 Å². The van der Waals surface area contributed by atoms with Gasteiger partial charge in [-0.3, -0.25) is 9.80 Å². The van der Waals surface area contributed by atoms with Gasteiger partial charge >= 0.3 is 0 Å². The van der Waals surface area contributed by atoms with Gasteiger partial charge in [0.25, 0.3) is 5.91 Å². The predicted octanol–water partition coefficient (Wildman–Crippen LogP) is 3.05. The molecule has 2 aliphatic heterocycles. The maximum atomic E-state index is 13.1. The molecule has 1 N–H and O–H groups in total. The van der Waals surface area contributed by atoms with Crippen molar-refractivity contribution in [3.8, 4) is 17.1 Å². The van der Waals surface area contributed by atoms with Crippen molar-refractivity contribution in [1.82, 2.24) is 25.6 Å². The van der Waals surface area contributed by atoms with Gasteiger partial charge in [0, 0.05) is 5.56 Å². The van der Waals surface area contributed by atoms with Crippen LogP contribution in [0.4, 0.5) is 0 Å². The number of hydrazone groups is 1. The van der Waals surface area contributed by atoms with E-state index in [4.69, 9.17) is 9.26 Å². The number of benzene rings is 2. The minimum atomic E-state index is -0.345. The van der Waals surface area contributed by atoms with Gasteiger partial charge in [-0.05, 0) is 43.5 Å². The minimum absolute atomic E-state index is 0.0158. The summed E-state index contributed by atoms with van der Waals surface area (Å²) >= 11 is 0. The first-order valence-corrected chi connectivity index (χ1v) is 10.6. The van der Waals surface area contributed by atoms with Crippen LogP contribution >= 0.6 is 0 Å². The summed E-state index contributed by atoms with van der Waals surface area (Å²) in [4.78, 5) is 17.5. The van der Waals surface area contributed by atoms with Crippen LogP contribution in [0.2, 0.25) is 0 Å². The largest absolute Gasteiger partial charge is 0.494 e. The molecule has 1 aromatic heterocycles. The minimum Gasteiger partial charge on any atom is -0.494 e. The second kappa shape index (κ2) is 8.43. The number of carbonyl (C=O) groups is 1. The van der Waals surface area contributed by atoms with Gasteiger partial charge in [0.1, 0.15) is 24.7 Å². The SMILES string of the molecule is CCOc1ccc(C2CC3C(=O)N(Cc4nc(-c5ccccc5C)no4)N=CN3N2)cc1. The second-order valence-corrected chi connectivity index (χ2v) is 7.80. The highest BCUT2D eigenvalue weighted by Crippen LogP contribution is 2.31. The Kier molecular flexibility index (Phi) is 5.32. The zero-order chi connectivity index (χ0) is 22.1. The van der Waals surface area contributed by atoms with E-state index < -0.39 is 0 Å². The Balaban J connectivity index is 1.26. The second-order valence-electron chi connectivity index (χ2n) is 7.80. The quantitative estimate of drug-likeness (QED) is 0.639. The molecule has 1 amide bonds. The number of nitrogens with one attached hydrogen (secondary N) is 1. The van der Waals surface area contributed by atoms with Crippen LogP contribution in [0.5, 0.6) is 5.75 Å². The lowest BCUT2D eigenvalue weighted by atomic mass is 10.0. The fourth-order valence-corrected chi connectivity index (χ4v) is 4.01. The molecule has 2 unspecified atom stereocenters. The number of hydrazine groups is 1. The predicted molar refractivity (Wildman–Crippen MR) is 117 cm³/mol. The summed E-state index contributed by atoms with van der Waals surface area (Å²) in [6.07, 6.45) is 2.27. The molecule has 3 aromatic rings. The van der Waals surface area contributed by atoms with E-state index >= 15 is 0 Å². The third-order valence-electron chi connectivity index (χ3n) is 5.69. The molecule has 32 heavy (non-hydrogen) atoms. The van der Waals surface area contributed by atoms with E-state index in [9.17, 15) is 4.79 Å². The molecule has 2 atom stereocenters. The van der Waals surface area contributed by atoms with E-state index in [-0.39, 0.29) is 24.5 Å². The van der Waals surface area contributed by atoms with Crippen LogP contribution in [0.3, 0.4) is 0 Å². The molecule has 0 aliphatic carbocycles. The maximum Gasteiger partial charge on any atom is 0.267 e. The molecular weight excluding hydrogens is 408 g/mol. The molecule has 9 heteroatoms. The average Bonchev–Trinajstić information content (AvgIpc) is 3.45. The molecule has 0 radical (unpaired) electrons. The number of hydrogen-bond acceptors (Lipinski definition) is 8. The van der Waals surface area contributed by atoms with Crippen molar-refractivity contribution >= 4 is 12.2 Å². The first-order chi connectivity index (χ1) is 15.6. The smallest absolute Gasteiger partial charge is 0.267 e. The highest BCUT2D eigenvalue weighted by molar-refractivity contribution is 5.87. The van der Waals surface area contributed by atoms with Gasteiger partial charge in [0.15, 0.2) is 0 Å². The van der Waals surface area contributed by atoms with Crippen molar-refractivity contribution in [3.63, 3.8) is 0 Å². The highest BCUT2D eigenvalue weighted by atomic mass is 16.5. The highest BCUT2D eigenvalue weighted by Gasteiger charge is 2.41. The summed E-state index contributed by atoms with van der Waals surface area (Å²) in [7, 11) is 0. The summed E-state index contributed by atoms with van der Waals surface area (Å²) in [6.45, 7) is 4.71. The van der Waals surface area contributed by atoms with Gasteiger partial charge in [-0.2, -0.15) is 10.1 Å². The number of ether oxygens (including phenoxy) is 1. The van der Waals surface area contributed by atoms with Crippen LogP contribution in [0, 0.1) is 6.92 Å². The topological polar surface area (TPSA) is 96.1 Å². The average molecular weight is 432 g/mol. The lowest BCUT2D eigenvalue weighted by molar-refractivity contribution is -0.137. The molecule has 0 saturated carbocycles. The number of amides is 1. The van der Waals surface area contributed by atoms with Gasteiger partial charge < -0.3 is 9.26 Å². The third kappa shape index (κ3) is 3.82. The van der Waals surface area contributed by atoms with Crippen molar-refractivity contribution < 1.29 is 14.1 Å². The fourth-order valence-electron chi connectivity index (χ4n) is 4.01. The summed E-state index contributed by atoms with van der Waals surface area (Å²) in [5.41, 5.74) is 6.40. The number of hydrogen-bond donors (Lipinski definition) is 1. The Labute approximate surface area is 185 Å². The summed E-state index contributed by atoms with van der Waals surface area (Å²) in [6, 6.07) is 15.4. The molecule has 5 rings (SSSR count). The van der Waals surface area contributed by atoms with E-state index in [1.807, 2.05) is 62.4 Å². The molecule has 0 bridgehead atoms. The van der Waals surface area contributed by atoms with Gasteiger partial charge in [0.05, 0.1) is 12.6 Å². The van der Waals surface area contributed by atoms with E-state index in [0.717, 1.165) is 22.4 Å². The van der Waals surface area contributed by atoms with Gasteiger partial charge in [-0.25, -0.2) is 10.4 Å². The zero-order valence-corrected chi connectivity index (χ0v) is 17.9. The lowest BCUT2D eigenvalue weighted by Gasteiger charge is -2.29. The summed E-state index contributed by atoms with van der Waals surface area (Å²) in [5.74, 6) is 1.58. The van der Waals surface area contributed by atoms with E-state index in [2.05, 4.69) is 20.7 Å². The van der Waals surface area contributed by atoms with E-state index in [1.165, 1.54) is 5.01 Å². The molecule has 0 spiro atoms. The molecule has 9 nitrogen and oxygen atoms in total. The Morgan fingerprint density at radius 2 is 2.00 bits per heavy atom. The molecule has 3 heterocycles. The number of aryl methyl sites for hydroxylation is 1. The van der Waals surface area contributed by atoms with E-state index in [0.29, 0.717) is 24.7 Å². The molecule has 1 saturated heterocycles. The van der Waals surface area contributed by atoms with Gasteiger partial charge in [0.2, 0.25) is 11.7 Å². The van der Waals surface area contributed by atoms with Crippen molar-refractivity contribution in [2.24, 2.45) is 5.10 Å². The number of fused-ring (bicyclic) bond motifs is 1. The molecule has 164 valence electrons. The van der Waals surface area contributed by atoms with Crippen LogP contribution in [-0.4, -0.2) is 45.1 Å². The van der Waals surface area contributed by atoms with Crippen molar-refractivity contribution in [1.29, 1.82) is 0 Å².